The van der Waals surface area contributed by atoms with Crippen molar-refractivity contribution in [2.24, 2.45) is 23.7 Å². The molecule has 5 aliphatic rings. The maximum atomic E-state index is 12.8. The lowest BCUT2D eigenvalue weighted by atomic mass is 9.57. The van der Waals surface area contributed by atoms with E-state index in [1.165, 1.54) is 19.3 Å². The normalized spacial score (nSPS) is 48.6. The summed E-state index contributed by atoms with van der Waals surface area (Å²) in [5.74, 6) is 0.0223. The molecule has 4 heterocycles. The molecule has 0 radical (unpaired) electrons. The van der Waals surface area contributed by atoms with Gasteiger partial charge in [0.2, 0.25) is 12.1 Å². The first-order valence-corrected chi connectivity index (χ1v) is 10.3. The lowest BCUT2D eigenvalue weighted by molar-refractivity contribution is -0.559. The van der Waals surface area contributed by atoms with Crippen LogP contribution in [0.5, 0.6) is 0 Å². The minimum absolute atomic E-state index is 0.0854. The van der Waals surface area contributed by atoms with Crippen LogP contribution in [-0.2, 0) is 24.0 Å². The molecule has 0 unspecified atom stereocenters. The molecule has 4 aliphatic heterocycles. The van der Waals surface area contributed by atoms with E-state index in [2.05, 4.69) is 13.8 Å². The molecular formula is C20H32O5. The van der Waals surface area contributed by atoms with Crippen LogP contribution >= 0.6 is 0 Å². The van der Waals surface area contributed by atoms with Crippen LogP contribution in [0.3, 0.4) is 0 Å². The van der Waals surface area contributed by atoms with Crippen LogP contribution in [0.1, 0.15) is 78.6 Å². The first kappa shape index (κ1) is 17.7. The van der Waals surface area contributed by atoms with Crippen molar-refractivity contribution in [3.8, 4) is 0 Å². The van der Waals surface area contributed by atoms with E-state index in [0.717, 1.165) is 38.5 Å². The number of hydrogen-bond acceptors (Lipinski definition) is 5. The van der Waals surface area contributed by atoms with Gasteiger partial charge < -0.3 is 9.47 Å². The number of unbranched alkanes of at least 4 members (excludes halogenated alkanes) is 3. The van der Waals surface area contributed by atoms with Gasteiger partial charge in [-0.1, -0.05) is 39.5 Å². The van der Waals surface area contributed by atoms with Gasteiger partial charge in [-0.25, -0.2) is 9.78 Å². The maximum Gasteiger partial charge on any atom is 0.311 e. The highest BCUT2D eigenvalue weighted by molar-refractivity contribution is 5.74. The Labute approximate surface area is 150 Å². The zero-order chi connectivity index (χ0) is 17.7. The van der Waals surface area contributed by atoms with Gasteiger partial charge in [-0.3, -0.25) is 4.79 Å². The van der Waals surface area contributed by atoms with E-state index in [1.54, 1.807) is 0 Å². The van der Waals surface area contributed by atoms with Crippen molar-refractivity contribution in [2.45, 2.75) is 96.2 Å². The first-order chi connectivity index (χ1) is 12.0. The van der Waals surface area contributed by atoms with Gasteiger partial charge in [0.05, 0.1) is 5.92 Å². The van der Waals surface area contributed by atoms with Crippen molar-refractivity contribution in [2.75, 3.05) is 0 Å². The van der Waals surface area contributed by atoms with E-state index in [9.17, 15) is 4.79 Å². The molecule has 5 heteroatoms. The zero-order valence-electron chi connectivity index (χ0n) is 15.8. The van der Waals surface area contributed by atoms with E-state index >= 15 is 0 Å². The minimum Gasteiger partial charge on any atom is -0.432 e. The van der Waals surface area contributed by atoms with Crippen LogP contribution in [0.25, 0.3) is 0 Å². The van der Waals surface area contributed by atoms with Gasteiger partial charge in [0.1, 0.15) is 0 Å². The highest BCUT2D eigenvalue weighted by Gasteiger charge is 2.70. The number of hydrogen-bond donors (Lipinski definition) is 0. The van der Waals surface area contributed by atoms with Crippen molar-refractivity contribution in [1.82, 2.24) is 0 Å². The predicted octanol–water partition coefficient (Wildman–Crippen LogP) is 4.35. The summed E-state index contributed by atoms with van der Waals surface area (Å²) in [5.41, 5.74) is -0.614. The molecule has 1 saturated carbocycles. The Bertz CT molecular complexity index is 522. The quantitative estimate of drug-likeness (QED) is 0.418. The SMILES string of the molecule is CCCCCC[C@@H]1C(=O)O[C@@H]2O[C@@]3(C)CC[C@H]4[C@H](C)CC[C@@H]1[C@@]24OO3. The Morgan fingerprint density at radius 3 is 2.72 bits per heavy atom. The number of carbonyl (C=O) groups excluding carboxylic acids is 1. The van der Waals surface area contributed by atoms with Gasteiger partial charge in [-0.15, -0.1) is 0 Å². The molecule has 0 aromatic heterocycles. The predicted molar refractivity (Wildman–Crippen MR) is 91.1 cm³/mol. The average molecular weight is 352 g/mol. The lowest BCUT2D eigenvalue weighted by Crippen LogP contribution is -2.70. The molecule has 0 amide bonds. The molecule has 0 aromatic carbocycles. The van der Waals surface area contributed by atoms with Gasteiger partial charge in [0.15, 0.2) is 5.60 Å². The van der Waals surface area contributed by atoms with Crippen LogP contribution in [0, 0.1) is 23.7 Å². The summed E-state index contributed by atoms with van der Waals surface area (Å²) in [6.45, 7) is 6.39. The second kappa shape index (κ2) is 6.50. The Morgan fingerprint density at radius 1 is 1.08 bits per heavy atom. The van der Waals surface area contributed by atoms with Crippen LogP contribution in [0.4, 0.5) is 0 Å². The van der Waals surface area contributed by atoms with Crippen LogP contribution in [-0.4, -0.2) is 23.6 Å². The van der Waals surface area contributed by atoms with Crippen LogP contribution in [0.15, 0.2) is 0 Å². The second-order valence-corrected chi connectivity index (χ2v) is 8.80. The zero-order valence-corrected chi connectivity index (χ0v) is 15.8. The Morgan fingerprint density at radius 2 is 1.92 bits per heavy atom. The third-order valence-electron chi connectivity index (χ3n) is 7.16. The summed E-state index contributed by atoms with van der Waals surface area (Å²) in [4.78, 5) is 24.7. The van der Waals surface area contributed by atoms with Crippen LogP contribution in [0.2, 0.25) is 0 Å². The molecule has 0 aromatic rings. The van der Waals surface area contributed by atoms with E-state index in [1.807, 2.05) is 6.92 Å². The molecule has 1 spiro atoms. The minimum atomic E-state index is -0.800. The summed E-state index contributed by atoms with van der Waals surface area (Å²) in [5, 5.41) is 0. The molecular weight excluding hydrogens is 320 g/mol. The lowest BCUT2D eigenvalue weighted by Gasteiger charge is -2.58. The Hall–Kier alpha value is -0.650. The smallest absolute Gasteiger partial charge is 0.311 e. The van der Waals surface area contributed by atoms with Crippen molar-refractivity contribution in [1.29, 1.82) is 0 Å². The number of fused-ring (bicyclic) bond motifs is 2. The third kappa shape index (κ3) is 2.74. The summed E-state index contributed by atoms with van der Waals surface area (Å²) in [6.07, 6.45) is 8.86. The Balaban J connectivity index is 1.63. The summed E-state index contributed by atoms with van der Waals surface area (Å²) in [7, 11) is 0. The fraction of sp³-hybridized carbons (Fsp3) is 0.950. The largest absolute Gasteiger partial charge is 0.432 e. The molecule has 1 aliphatic carbocycles. The molecule has 25 heavy (non-hydrogen) atoms. The third-order valence-corrected chi connectivity index (χ3v) is 7.16. The molecule has 4 saturated heterocycles. The van der Waals surface area contributed by atoms with E-state index < -0.39 is 17.7 Å². The van der Waals surface area contributed by atoms with E-state index in [4.69, 9.17) is 19.2 Å². The topological polar surface area (TPSA) is 54.0 Å². The van der Waals surface area contributed by atoms with E-state index in [-0.39, 0.29) is 17.8 Å². The highest BCUT2D eigenvalue weighted by atomic mass is 17.3. The maximum absolute atomic E-state index is 12.8. The summed E-state index contributed by atoms with van der Waals surface area (Å²) >= 11 is 0. The Kier molecular flexibility index (Phi) is 4.62. The van der Waals surface area contributed by atoms with Gasteiger partial charge in [-0.2, -0.15) is 0 Å². The van der Waals surface area contributed by atoms with Crippen molar-refractivity contribution >= 4 is 5.97 Å². The number of rotatable bonds is 5. The molecule has 2 bridgehead atoms. The summed E-state index contributed by atoms with van der Waals surface area (Å²) < 4.78 is 12.0. The highest BCUT2D eigenvalue weighted by Crippen LogP contribution is 2.60. The first-order valence-electron chi connectivity index (χ1n) is 10.3. The molecule has 0 N–H and O–H groups in total. The molecule has 5 rings (SSSR count). The van der Waals surface area contributed by atoms with Crippen molar-refractivity contribution in [3.63, 3.8) is 0 Å². The standard InChI is InChI=1S/C20H32O5/c1-4-5-6-7-8-14-16-10-9-13(2)15-11-12-19(3)23-18(22-17(14)21)20(15,16)25-24-19/h13-16,18H,4-12H2,1-3H3/t13-,14+,15+,16+,18-,19-,20-/m1/s1. The van der Waals surface area contributed by atoms with Crippen molar-refractivity contribution in [3.05, 3.63) is 0 Å². The number of esters is 1. The molecule has 5 nitrogen and oxygen atoms in total. The molecule has 5 fully saturated rings. The fourth-order valence-corrected chi connectivity index (χ4v) is 5.73. The van der Waals surface area contributed by atoms with Gasteiger partial charge in [0.25, 0.3) is 0 Å². The second-order valence-electron chi connectivity index (χ2n) is 8.80. The monoisotopic (exact) mass is 352 g/mol. The number of ether oxygens (including phenoxy) is 2. The fourth-order valence-electron chi connectivity index (χ4n) is 5.73. The van der Waals surface area contributed by atoms with E-state index in [0.29, 0.717) is 11.8 Å². The molecule has 7 atom stereocenters. The molecule has 142 valence electrons. The number of carbonyl (C=O) groups is 1. The van der Waals surface area contributed by atoms with Crippen LogP contribution < -0.4 is 0 Å². The van der Waals surface area contributed by atoms with Gasteiger partial charge in [-0.05, 0) is 38.5 Å². The average Bonchev–Trinajstić information content (AvgIpc) is 2.81. The van der Waals surface area contributed by atoms with Gasteiger partial charge >= 0.3 is 5.97 Å². The van der Waals surface area contributed by atoms with Crippen molar-refractivity contribution < 1.29 is 24.0 Å². The summed E-state index contributed by atoms with van der Waals surface area (Å²) in [6, 6.07) is 0. The van der Waals surface area contributed by atoms with Gasteiger partial charge in [0, 0.05) is 18.3 Å².